The van der Waals surface area contributed by atoms with Crippen molar-refractivity contribution >= 4 is 17.7 Å². The summed E-state index contributed by atoms with van der Waals surface area (Å²) in [4.78, 5) is 24.4. The molecule has 188 valence electrons. The van der Waals surface area contributed by atoms with Crippen molar-refractivity contribution in [2.24, 2.45) is 11.8 Å². The highest BCUT2D eigenvalue weighted by Gasteiger charge is 2.46. The van der Waals surface area contributed by atoms with Crippen molar-refractivity contribution in [2.75, 3.05) is 23.3 Å². The van der Waals surface area contributed by atoms with Crippen LogP contribution in [0.5, 0.6) is 0 Å². The smallest absolute Gasteiger partial charge is 0.365 e. The van der Waals surface area contributed by atoms with Crippen LogP contribution in [0.25, 0.3) is 0 Å². The van der Waals surface area contributed by atoms with Gasteiger partial charge in [-0.2, -0.15) is 18.2 Å². The zero-order valence-electron chi connectivity index (χ0n) is 20.0. The van der Waals surface area contributed by atoms with Crippen LogP contribution in [0.15, 0.2) is 24.4 Å². The molecule has 9 heteroatoms. The molecule has 2 aromatic rings. The van der Waals surface area contributed by atoms with Crippen molar-refractivity contribution < 1.29 is 18.0 Å². The van der Waals surface area contributed by atoms with Gasteiger partial charge in [0.05, 0.1) is 5.56 Å². The number of hydrogen-bond acceptors (Lipinski definition) is 5. The number of piperidine rings is 1. The Labute approximate surface area is 203 Å². The number of halogens is 3. The highest BCUT2D eigenvalue weighted by Crippen LogP contribution is 2.45. The Hall–Kier alpha value is -2.84. The lowest BCUT2D eigenvalue weighted by Gasteiger charge is -2.24. The van der Waals surface area contributed by atoms with Crippen LogP contribution in [-0.2, 0) is 19.1 Å². The predicted molar refractivity (Wildman–Crippen MR) is 128 cm³/mol. The van der Waals surface area contributed by atoms with Crippen LogP contribution in [0.4, 0.5) is 24.9 Å². The summed E-state index contributed by atoms with van der Waals surface area (Å²) in [5.74, 6) is 2.07. The average molecular weight is 488 g/mol. The molecule has 1 amide bonds. The van der Waals surface area contributed by atoms with Crippen LogP contribution in [-0.4, -0.2) is 35.0 Å². The molecule has 2 unspecified atom stereocenters. The largest absolute Gasteiger partial charge is 0.416 e. The molecule has 35 heavy (non-hydrogen) atoms. The Morgan fingerprint density at radius 3 is 2.57 bits per heavy atom. The number of aryl methyl sites for hydroxylation is 1. The minimum Gasteiger partial charge on any atom is -0.365 e. The van der Waals surface area contributed by atoms with Crippen LogP contribution >= 0.6 is 0 Å². The molecule has 3 fully saturated rings. The van der Waals surface area contributed by atoms with E-state index in [1.54, 1.807) is 19.2 Å². The van der Waals surface area contributed by atoms with Gasteiger partial charge in [-0.15, -0.1) is 0 Å². The van der Waals surface area contributed by atoms with Crippen molar-refractivity contribution in [2.45, 2.75) is 70.6 Å². The van der Waals surface area contributed by atoms with Gasteiger partial charge >= 0.3 is 6.18 Å². The van der Waals surface area contributed by atoms with Gasteiger partial charge in [0, 0.05) is 31.9 Å². The second-order valence-corrected chi connectivity index (χ2v) is 10.1. The number of nitrogens with zero attached hydrogens (tertiary/aromatic N) is 3. The maximum atomic E-state index is 13.5. The number of rotatable bonds is 7. The SMILES string of the molecule is CCc1ccc(CNc2nc(N3CC4CC4C3)ncc2C(=O)NC2CCCCC2)cc1C(F)(F)F. The fraction of sp³-hybridized carbons (Fsp3) is 0.577. The molecule has 5 rings (SSSR count). The molecule has 6 nitrogen and oxygen atoms in total. The number of hydrogen-bond donors (Lipinski definition) is 2. The van der Waals surface area contributed by atoms with E-state index >= 15 is 0 Å². The lowest BCUT2D eigenvalue weighted by molar-refractivity contribution is -0.138. The number of nitrogens with one attached hydrogen (secondary N) is 2. The van der Waals surface area contributed by atoms with E-state index in [4.69, 9.17) is 0 Å². The number of carbonyl (C=O) groups excluding carboxylic acids is 1. The van der Waals surface area contributed by atoms with Gasteiger partial charge in [0.15, 0.2) is 0 Å². The van der Waals surface area contributed by atoms with Gasteiger partial charge < -0.3 is 15.5 Å². The van der Waals surface area contributed by atoms with E-state index in [-0.39, 0.29) is 24.1 Å². The van der Waals surface area contributed by atoms with Crippen molar-refractivity contribution in [3.63, 3.8) is 0 Å². The molecule has 2 atom stereocenters. The van der Waals surface area contributed by atoms with Crippen molar-refractivity contribution in [3.05, 3.63) is 46.6 Å². The molecule has 0 spiro atoms. The van der Waals surface area contributed by atoms with Gasteiger partial charge in [-0.3, -0.25) is 4.79 Å². The summed E-state index contributed by atoms with van der Waals surface area (Å²) in [6.07, 6.45) is 3.97. The van der Waals surface area contributed by atoms with Crippen LogP contribution in [0, 0.1) is 11.8 Å². The molecular formula is C26H32F3N5O. The second-order valence-electron chi connectivity index (χ2n) is 10.1. The number of alkyl halides is 3. The van der Waals surface area contributed by atoms with Crippen molar-refractivity contribution in [3.8, 4) is 0 Å². The number of fused-ring (bicyclic) bond motifs is 1. The molecule has 1 aromatic carbocycles. The third-order valence-corrected chi connectivity index (χ3v) is 7.54. The standard InChI is InChI=1S/C26H32F3N5O/c1-2-17-9-8-16(10-22(17)26(27,28)29)12-30-23-21(24(35)32-20-6-4-3-5-7-20)13-31-25(33-23)34-14-18-11-19(18)15-34/h8-10,13,18-20H,2-7,11-12,14-15H2,1H3,(H,32,35)(H,30,31,33). The van der Waals surface area contributed by atoms with Gasteiger partial charge in [0.2, 0.25) is 5.95 Å². The van der Waals surface area contributed by atoms with E-state index in [1.165, 1.54) is 25.0 Å². The van der Waals surface area contributed by atoms with E-state index < -0.39 is 11.7 Å². The number of anilines is 2. The fourth-order valence-corrected chi connectivity index (χ4v) is 5.39. The first-order valence-electron chi connectivity index (χ1n) is 12.7. The zero-order chi connectivity index (χ0) is 24.6. The topological polar surface area (TPSA) is 70.2 Å². The van der Waals surface area contributed by atoms with E-state index in [1.807, 2.05) is 0 Å². The van der Waals surface area contributed by atoms with Crippen LogP contribution in [0.1, 0.15) is 72.5 Å². The van der Waals surface area contributed by atoms with Gasteiger partial charge in [-0.05, 0) is 54.7 Å². The predicted octanol–water partition coefficient (Wildman–Crippen LogP) is 5.19. The van der Waals surface area contributed by atoms with Crippen molar-refractivity contribution in [1.29, 1.82) is 0 Å². The summed E-state index contributed by atoms with van der Waals surface area (Å²) >= 11 is 0. The summed E-state index contributed by atoms with van der Waals surface area (Å²) < 4.78 is 40.6. The van der Waals surface area contributed by atoms with Crippen LogP contribution in [0.3, 0.4) is 0 Å². The van der Waals surface area contributed by atoms with Crippen LogP contribution < -0.4 is 15.5 Å². The first-order valence-corrected chi connectivity index (χ1v) is 12.7. The molecule has 2 N–H and O–H groups in total. The van der Waals surface area contributed by atoms with E-state index in [2.05, 4.69) is 25.5 Å². The number of carbonyl (C=O) groups is 1. The zero-order valence-corrected chi connectivity index (χ0v) is 20.0. The highest BCUT2D eigenvalue weighted by atomic mass is 19.4. The first-order chi connectivity index (χ1) is 16.8. The molecular weight excluding hydrogens is 455 g/mol. The van der Waals surface area contributed by atoms with Gasteiger partial charge in [0.25, 0.3) is 5.91 Å². The molecule has 1 saturated heterocycles. The fourth-order valence-electron chi connectivity index (χ4n) is 5.39. The quantitative estimate of drug-likeness (QED) is 0.563. The normalized spacial score (nSPS) is 22.1. The summed E-state index contributed by atoms with van der Waals surface area (Å²) in [5, 5.41) is 6.24. The summed E-state index contributed by atoms with van der Waals surface area (Å²) in [7, 11) is 0. The van der Waals surface area contributed by atoms with Crippen LogP contribution in [0.2, 0.25) is 0 Å². The summed E-state index contributed by atoms with van der Waals surface area (Å²) in [6.45, 7) is 3.65. The van der Waals surface area contributed by atoms with E-state index in [9.17, 15) is 18.0 Å². The number of amides is 1. The lowest BCUT2D eigenvalue weighted by atomic mass is 9.95. The number of aromatic nitrogens is 2. The Bertz CT molecular complexity index is 1070. The molecule has 2 heterocycles. The summed E-state index contributed by atoms with van der Waals surface area (Å²) in [5.41, 5.74) is 0.459. The van der Waals surface area contributed by atoms with Crippen molar-refractivity contribution in [1.82, 2.24) is 15.3 Å². The minimum atomic E-state index is -4.41. The Morgan fingerprint density at radius 1 is 1.14 bits per heavy atom. The first kappa shape index (κ1) is 23.9. The van der Waals surface area contributed by atoms with E-state index in [0.717, 1.165) is 38.8 Å². The van der Waals surface area contributed by atoms with Gasteiger partial charge in [0.1, 0.15) is 11.4 Å². The van der Waals surface area contributed by atoms with Gasteiger partial charge in [-0.1, -0.05) is 38.3 Å². The molecule has 0 bridgehead atoms. The maximum Gasteiger partial charge on any atom is 0.416 e. The average Bonchev–Trinajstić information content (AvgIpc) is 3.47. The molecule has 0 radical (unpaired) electrons. The maximum absolute atomic E-state index is 13.5. The number of benzene rings is 1. The third-order valence-electron chi connectivity index (χ3n) is 7.54. The van der Waals surface area contributed by atoms with E-state index in [0.29, 0.717) is 41.1 Å². The molecule has 2 saturated carbocycles. The highest BCUT2D eigenvalue weighted by molar-refractivity contribution is 5.98. The second kappa shape index (κ2) is 9.66. The molecule has 3 aliphatic rings. The minimum absolute atomic E-state index is 0.123. The lowest BCUT2D eigenvalue weighted by Crippen LogP contribution is -2.37. The molecule has 1 aliphatic heterocycles. The Kier molecular flexibility index (Phi) is 6.59. The Morgan fingerprint density at radius 2 is 1.89 bits per heavy atom. The third kappa shape index (κ3) is 5.38. The summed E-state index contributed by atoms with van der Waals surface area (Å²) in [6, 6.07) is 4.53. The monoisotopic (exact) mass is 487 g/mol. The molecule has 1 aromatic heterocycles. The molecule has 2 aliphatic carbocycles. The van der Waals surface area contributed by atoms with Gasteiger partial charge in [-0.25, -0.2) is 4.98 Å². The Balaban J connectivity index is 1.37.